The molecule has 29 heavy (non-hydrogen) atoms. The van der Waals surface area contributed by atoms with Gasteiger partial charge in [0.2, 0.25) is 0 Å². The molecule has 0 spiro atoms. The van der Waals surface area contributed by atoms with Gasteiger partial charge in [0.15, 0.2) is 11.5 Å². The quantitative estimate of drug-likeness (QED) is 0.770. The average Bonchev–Trinajstić information content (AvgIpc) is 2.92. The number of aryl methyl sites for hydroxylation is 1. The van der Waals surface area contributed by atoms with Crippen LogP contribution in [-0.2, 0) is 9.59 Å². The number of methoxy groups -OCH3 is 1. The molecule has 3 rings (SSSR count). The molecule has 1 amide bonds. The van der Waals surface area contributed by atoms with E-state index in [4.69, 9.17) is 4.74 Å². The number of carbonyl (C=O) groups excluding carboxylic acids is 2. The van der Waals surface area contributed by atoms with E-state index in [0.717, 1.165) is 0 Å². The molecule has 1 aliphatic heterocycles. The Labute approximate surface area is 169 Å². The molecule has 0 aromatic heterocycles. The van der Waals surface area contributed by atoms with E-state index in [1.165, 1.54) is 24.1 Å². The molecular formula is C23H24FNO4. The van der Waals surface area contributed by atoms with Crippen LogP contribution in [0.3, 0.4) is 0 Å². The van der Waals surface area contributed by atoms with Crippen molar-refractivity contribution in [1.82, 2.24) is 0 Å². The van der Waals surface area contributed by atoms with Crippen molar-refractivity contribution in [2.45, 2.75) is 33.2 Å². The Morgan fingerprint density at radius 1 is 1.21 bits per heavy atom. The first-order valence-corrected chi connectivity index (χ1v) is 9.44. The Balaban J connectivity index is 2.16. The highest BCUT2D eigenvalue weighted by atomic mass is 19.1. The van der Waals surface area contributed by atoms with Crippen molar-refractivity contribution in [2.24, 2.45) is 5.92 Å². The predicted octanol–water partition coefficient (Wildman–Crippen LogP) is 4.66. The minimum Gasteiger partial charge on any atom is -0.503 e. The summed E-state index contributed by atoms with van der Waals surface area (Å²) in [5.74, 6) is -1.24. The maximum absolute atomic E-state index is 13.7. The van der Waals surface area contributed by atoms with E-state index < -0.39 is 23.5 Å². The van der Waals surface area contributed by atoms with Gasteiger partial charge in [0, 0.05) is 12.1 Å². The zero-order valence-electron chi connectivity index (χ0n) is 16.9. The first kappa shape index (κ1) is 20.6. The predicted molar refractivity (Wildman–Crippen MR) is 108 cm³/mol. The number of amides is 1. The van der Waals surface area contributed by atoms with Gasteiger partial charge in [0.1, 0.15) is 11.6 Å². The van der Waals surface area contributed by atoms with E-state index in [-0.39, 0.29) is 23.7 Å². The number of benzene rings is 2. The van der Waals surface area contributed by atoms with Crippen LogP contribution in [0.2, 0.25) is 0 Å². The fraction of sp³-hybridized carbons (Fsp3) is 0.304. The lowest BCUT2D eigenvalue weighted by atomic mass is 9.90. The molecule has 0 radical (unpaired) electrons. The van der Waals surface area contributed by atoms with Crippen molar-refractivity contribution in [3.63, 3.8) is 0 Å². The number of Topliss-reactive ketones (excluding diaryl/α,β-unsaturated/α-hetero) is 1. The van der Waals surface area contributed by atoms with Gasteiger partial charge in [-0.25, -0.2) is 4.39 Å². The number of nitrogens with zero attached hydrogens (tertiary/aromatic N) is 1. The number of rotatable bonds is 6. The van der Waals surface area contributed by atoms with Crippen molar-refractivity contribution in [3.05, 3.63) is 70.7 Å². The van der Waals surface area contributed by atoms with E-state index in [2.05, 4.69) is 0 Å². The molecule has 6 heteroatoms. The average molecular weight is 397 g/mol. The molecule has 2 aromatic rings. The van der Waals surface area contributed by atoms with Crippen LogP contribution in [0.4, 0.5) is 10.1 Å². The second kappa shape index (κ2) is 8.07. The third-order valence-corrected chi connectivity index (χ3v) is 4.98. The van der Waals surface area contributed by atoms with E-state index >= 15 is 0 Å². The molecule has 152 valence electrons. The van der Waals surface area contributed by atoms with Gasteiger partial charge in [-0.1, -0.05) is 19.9 Å². The summed E-state index contributed by atoms with van der Waals surface area (Å²) in [4.78, 5) is 27.3. The molecule has 5 nitrogen and oxygen atoms in total. The topological polar surface area (TPSA) is 66.8 Å². The smallest absolute Gasteiger partial charge is 0.294 e. The minimum absolute atomic E-state index is 0.0502. The van der Waals surface area contributed by atoms with Crippen LogP contribution in [0.15, 0.2) is 53.8 Å². The number of ether oxygens (including phenoxy) is 1. The number of hydrogen-bond acceptors (Lipinski definition) is 4. The van der Waals surface area contributed by atoms with E-state index in [1.54, 1.807) is 37.3 Å². The van der Waals surface area contributed by atoms with Crippen molar-refractivity contribution < 1.29 is 23.8 Å². The Bertz CT molecular complexity index is 979. The lowest BCUT2D eigenvalue weighted by molar-refractivity contribution is -0.118. The van der Waals surface area contributed by atoms with Crippen molar-refractivity contribution in [1.29, 1.82) is 0 Å². The molecule has 0 fully saturated rings. The van der Waals surface area contributed by atoms with Crippen LogP contribution >= 0.6 is 0 Å². The summed E-state index contributed by atoms with van der Waals surface area (Å²) < 4.78 is 18.9. The van der Waals surface area contributed by atoms with Crippen molar-refractivity contribution >= 4 is 17.4 Å². The number of hydrogen-bond donors (Lipinski definition) is 1. The summed E-state index contributed by atoms with van der Waals surface area (Å²) in [7, 11) is 1.54. The number of halogens is 1. The van der Waals surface area contributed by atoms with Gasteiger partial charge < -0.3 is 9.84 Å². The molecule has 1 aliphatic rings. The van der Waals surface area contributed by atoms with Gasteiger partial charge in [0.25, 0.3) is 5.91 Å². The maximum Gasteiger partial charge on any atom is 0.294 e. The van der Waals surface area contributed by atoms with Gasteiger partial charge in [0.05, 0.1) is 18.7 Å². The summed E-state index contributed by atoms with van der Waals surface area (Å²) in [5, 5.41) is 10.6. The standard InChI is InChI=1S/C23H24FNO4/c1-13(2)11-19(26)20-21(18-10-5-15(24)12-14(18)3)25(23(28)22(20)27)16-6-8-17(29-4)9-7-16/h5-10,12-13,21,27H,11H2,1-4H3. The van der Waals surface area contributed by atoms with Gasteiger partial charge in [-0.2, -0.15) is 0 Å². The van der Waals surface area contributed by atoms with Crippen LogP contribution < -0.4 is 9.64 Å². The number of ketones is 1. The van der Waals surface area contributed by atoms with Crippen LogP contribution in [-0.4, -0.2) is 23.9 Å². The second-order valence-corrected chi connectivity index (χ2v) is 7.56. The first-order chi connectivity index (χ1) is 13.7. The largest absolute Gasteiger partial charge is 0.503 e. The van der Waals surface area contributed by atoms with Crippen molar-refractivity contribution in [3.8, 4) is 5.75 Å². The molecule has 1 heterocycles. The molecule has 0 saturated carbocycles. The van der Waals surface area contributed by atoms with E-state index in [1.807, 2.05) is 13.8 Å². The Kier molecular flexibility index (Phi) is 5.73. The van der Waals surface area contributed by atoms with Crippen LogP contribution in [0.25, 0.3) is 0 Å². The number of aliphatic hydroxyl groups is 1. The van der Waals surface area contributed by atoms with Gasteiger partial charge in [-0.15, -0.1) is 0 Å². The lowest BCUT2D eigenvalue weighted by Crippen LogP contribution is -2.31. The highest BCUT2D eigenvalue weighted by Gasteiger charge is 2.44. The zero-order valence-corrected chi connectivity index (χ0v) is 16.9. The normalized spacial score (nSPS) is 16.7. The van der Waals surface area contributed by atoms with E-state index in [0.29, 0.717) is 22.6 Å². The summed E-state index contributed by atoms with van der Waals surface area (Å²) in [6.45, 7) is 5.51. The van der Waals surface area contributed by atoms with Crippen LogP contribution in [0.5, 0.6) is 5.75 Å². The first-order valence-electron chi connectivity index (χ1n) is 9.44. The molecule has 1 N–H and O–H groups in total. The summed E-state index contributed by atoms with van der Waals surface area (Å²) in [6.07, 6.45) is 0.194. The Morgan fingerprint density at radius 2 is 1.86 bits per heavy atom. The monoisotopic (exact) mass is 397 g/mol. The molecule has 1 atom stereocenters. The van der Waals surface area contributed by atoms with Gasteiger partial charge in [-0.05, 0) is 60.4 Å². The lowest BCUT2D eigenvalue weighted by Gasteiger charge is -2.28. The SMILES string of the molecule is COc1ccc(N2C(=O)C(O)=C(C(=O)CC(C)C)C2c2ccc(F)cc2C)cc1. The Hall–Kier alpha value is -3.15. The maximum atomic E-state index is 13.7. The summed E-state index contributed by atoms with van der Waals surface area (Å²) in [5.41, 5.74) is 1.73. The number of carbonyl (C=O) groups is 2. The Morgan fingerprint density at radius 3 is 2.41 bits per heavy atom. The van der Waals surface area contributed by atoms with Gasteiger partial charge >= 0.3 is 0 Å². The summed E-state index contributed by atoms with van der Waals surface area (Å²) >= 11 is 0. The van der Waals surface area contributed by atoms with Crippen molar-refractivity contribution in [2.75, 3.05) is 12.0 Å². The fourth-order valence-corrected chi connectivity index (χ4v) is 3.62. The minimum atomic E-state index is -0.831. The number of anilines is 1. The van der Waals surface area contributed by atoms with Gasteiger partial charge in [-0.3, -0.25) is 14.5 Å². The number of aliphatic hydroxyl groups excluding tert-OH is 1. The molecule has 0 saturated heterocycles. The highest BCUT2D eigenvalue weighted by Crippen LogP contribution is 2.43. The molecular weight excluding hydrogens is 373 g/mol. The third kappa shape index (κ3) is 3.88. The molecule has 1 unspecified atom stereocenters. The van der Waals surface area contributed by atoms with E-state index in [9.17, 15) is 19.1 Å². The fourth-order valence-electron chi connectivity index (χ4n) is 3.62. The third-order valence-electron chi connectivity index (χ3n) is 4.98. The summed E-state index contributed by atoms with van der Waals surface area (Å²) in [6, 6.07) is 10.1. The zero-order chi connectivity index (χ0) is 21.3. The molecule has 0 bridgehead atoms. The molecule has 0 aliphatic carbocycles. The van der Waals surface area contributed by atoms with Crippen LogP contribution in [0.1, 0.15) is 37.4 Å². The van der Waals surface area contributed by atoms with Crippen LogP contribution in [0, 0.1) is 18.7 Å². The molecule has 2 aromatic carbocycles. The highest BCUT2D eigenvalue weighted by molar-refractivity contribution is 6.16. The second-order valence-electron chi connectivity index (χ2n) is 7.56.